The zero-order valence-corrected chi connectivity index (χ0v) is 9.41. The Kier molecular flexibility index (Phi) is 3.62. The van der Waals surface area contributed by atoms with Crippen LogP contribution in [0, 0.1) is 11.3 Å². The van der Waals surface area contributed by atoms with Crippen LogP contribution in [0.3, 0.4) is 0 Å². The molecule has 15 heavy (non-hydrogen) atoms. The van der Waals surface area contributed by atoms with E-state index in [1.165, 1.54) is 0 Å². The SMILES string of the molecule is CC(C)(C)c1ccc(NCCC#N)nn1. The normalized spacial score (nSPS) is 10.8. The molecule has 0 aromatic carbocycles. The second-order valence-corrected chi connectivity index (χ2v) is 4.39. The van der Waals surface area contributed by atoms with Crippen LogP contribution in [-0.2, 0) is 5.41 Å². The number of hydrogen-bond acceptors (Lipinski definition) is 4. The molecule has 1 heterocycles. The lowest BCUT2D eigenvalue weighted by Gasteiger charge is -2.16. The van der Waals surface area contributed by atoms with E-state index < -0.39 is 0 Å². The largest absolute Gasteiger partial charge is 0.368 e. The van der Waals surface area contributed by atoms with Crippen molar-refractivity contribution >= 4 is 5.82 Å². The summed E-state index contributed by atoms with van der Waals surface area (Å²) in [4.78, 5) is 0. The number of hydrogen-bond donors (Lipinski definition) is 1. The third-order valence-electron chi connectivity index (χ3n) is 1.98. The smallest absolute Gasteiger partial charge is 0.148 e. The minimum absolute atomic E-state index is 0.0260. The Bertz CT molecular complexity index is 342. The molecule has 1 N–H and O–H groups in total. The molecule has 0 unspecified atom stereocenters. The van der Waals surface area contributed by atoms with E-state index in [-0.39, 0.29) is 5.41 Å². The summed E-state index contributed by atoms with van der Waals surface area (Å²) in [7, 11) is 0. The molecule has 0 bridgehead atoms. The summed E-state index contributed by atoms with van der Waals surface area (Å²) in [6.45, 7) is 6.90. The second-order valence-electron chi connectivity index (χ2n) is 4.39. The summed E-state index contributed by atoms with van der Waals surface area (Å²) in [6, 6.07) is 5.92. The third-order valence-corrected chi connectivity index (χ3v) is 1.98. The molecular formula is C11H16N4. The molecule has 1 rings (SSSR count). The highest BCUT2D eigenvalue weighted by Crippen LogP contribution is 2.19. The molecule has 4 heteroatoms. The molecule has 1 aromatic heterocycles. The minimum Gasteiger partial charge on any atom is -0.368 e. The van der Waals surface area contributed by atoms with E-state index in [1.54, 1.807) is 0 Å². The molecule has 80 valence electrons. The van der Waals surface area contributed by atoms with E-state index in [2.05, 4.69) is 42.4 Å². The zero-order chi connectivity index (χ0) is 11.3. The van der Waals surface area contributed by atoms with Crippen molar-refractivity contribution in [2.75, 3.05) is 11.9 Å². The van der Waals surface area contributed by atoms with Gasteiger partial charge in [0.05, 0.1) is 18.2 Å². The van der Waals surface area contributed by atoms with Crippen molar-refractivity contribution in [3.05, 3.63) is 17.8 Å². The van der Waals surface area contributed by atoms with Gasteiger partial charge in [0, 0.05) is 12.0 Å². The lowest BCUT2D eigenvalue weighted by atomic mass is 9.92. The molecule has 0 amide bonds. The summed E-state index contributed by atoms with van der Waals surface area (Å²) < 4.78 is 0. The first-order chi connectivity index (χ1) is 7.04. The maximum Gasteiger partial charge on any atom is 0.148 e. The van der Waals surface area contributed by atoms with Crippen molar-refractivity contribution in [1.29, 1.82) is 5.26 Å². The molecular weight excluding hydrogens is 188 g/mol. The fraction of sp³-hybridized carbons (Fsp3) is 0.545. The van der Waals surface area contributed by atoms with Crippen molar-refractivity contribution in [3.8, 4) is 6.07 Å². The summed E-state index contributed by atoms with van der Waals surface area (Å²) in [5, 5.41) is 19.6. The summed E-state index contributed by atoms with van der Waals surface area (Å²) in [5.74, 6) is 0.721. The Hall–Kier alpha value is -1.63. The molecule has 0 fully saturated rings. The average Bonchev–Trinajstić information content (AvgIpc) is 2.18. The monoisotopic (exact) mass is 204 g/mol. The highest BCUT2D eigenvalue weighted by molar-refractivity contribution is 5.33. The van der Waals surface area contributed by atoms with Crippen molar-refractivity contribution in [1.82, 2.24) is 10.2 Å². The lowest BCUT2D eigenvalue weighted by molar-refractivity contribution is 0.559. The molecule has 0 saturated carbocycles. The molecule has 4 nitrogen and oxygen atoms in total. The van der Waals surface area contributed by atoms with Gasteiger partial charge in [-0.2, -0.15) is 10.4 Å². The molecule has 0 radical (unpaired) electrons. The molecule has 0 aliphatic heterocycles. The van der Waals surface area contributed by atoms with Gasteiger partial charge in [0.15, 0.2) is 0 Å². The van der Waals surface area contributed by atoms with E-state index >= 15 is 0 Å². The molecule has 0 aliphatic carbocycles. The van der Waals surface area contributed by atoms with Crippen molar-refractivity contribution in [2.24, 2.45) is 0 Å². The van der Waals surface area contributed by atoms with Gasteiger partial charge in [-0.25, -0.2) is 0 Å². The van der Waals surface area contributed by atoms with E-state index in [0.717, 1.165) is 11.5 Å². The van der Waals surface area contributed by atoms with Gasteiger partial charge in [-0.1, -0.05) is 20.8 Å². The van der Waals surface area contributed by atoms with Crippen LogP contribution in [0.5, 0.6) is 0 Å². The number of nitrogens with zero attached hydrogens (tertiary/aromatic N) is 3. The van der Waals surface area contributed by atoms with Crippen LogP contribution >= 0.6 is 0 Å². The van der Waals surface area contributed by atoms with Crippen LogP contribution in [0.25, 0.3) is 0 Å². The highest BCUT2D eigenvalue weighted by Gasteiger charge is 2.15. The molecule has 0 spiro atoms. The second kappa shape index (κ2) is 4.74. The van der Waals surface area contributed by atoms with Crippen LogP contribution in [0.4, 0.5) is 5.82 Å². The standard InChI is InChI=1S/C11H16N4/c1-11(2,3)9-5-6-10(15-14-9)13-8-4-7-12/h5-6H,4,8H2,1-3H3,(H,13,15). The van der Waals surface area contributed by atoms with Gasteiger partial charge < -0.3 is 5.32 Å². The van der Waals surface area contributed by atoms with Crippen molar-refractivity contribution in [3.63, 3.8) is 0 Å². The Balaban J connectivity index is 2.61. The first-order valence-corrected chi connectivity index (χ1v) is 4.99. The maximum absolute atomic E-state index is 8.37. The number of aromatic nitrogens is 2. The predicted octanol–water partition coefficient (Wildman–Crippen LogP) is 2.10. The Labute approximate surface area is 90.3 Å². The quantitative estimate of drug-likeness (QED) is 0.766. The van der Waals surface area contributed by atoms with Crippen LogP contribution in [0.15, 0.2) is 12.1 Å². The van der Waals surface area contributed by atoms with E-state index in [1.807, 2.05) is 12.1 Å². The first-order valence-electron chi connectivity index (χ1n) is 4.99. The van der Waals surface area contributed by atoms with Crippen LogP contribution in [0.1, 0.15) is 32.9 Å². The maximum atomic E-state index is 8.37. The lowest BCUT2D eigenvalue weighted by Crippen LogP contribution is -2.15. The summed E-state index contributed by atoms with van der Waals surface area (Å²) in [6.07, 6.45) is 0.475. The van der Waals surface area contributed by atoms with E-state index in [4.69, 9.17) is 5.26 Å². The van der Waals surface area contributed by atoms with Crippen LogP contribution < -0.4 is 5.32 Å². The summed E-state index contributed by atoms with van der Waals surface area (Å²) in [5.41, 5.74) is 0.992. The van der Waals surface area contributed by atoms with Gasteiger partial charge in [-0.3, -0.25) is 0 Å². The van der Waals surface area contributed by atoms with Gasteiger partial charge in [0.1, 0.15) is 5.82 Å². The topological polar surface area (TPSA) is 61.6 Å². The van der Waals surface area contributed by atoms with Gasteiger partial charge in [0.2, 0.25) is 0 Å². The number of anilines is 1. The molecule has 0 saturated heterocycles. The van der Waals surface area contributed by atoms with Crippen LogP contribution in [-0.4, -0.2) is 16.7 Å². The molecule has 1 aromatic rings. The Morgan fingerprint density at radius 3 is 2.53 bits per heavy atom. The Morgan fingerprint density at radius 1 is 1.33 bits per heavy atom. The van der Waals surface area contributed by atoms with Crippen molar-refractivity contribution in [2.45, 2.75) is 32.6 Å². The van der Waals surface area contributed by atoms with Gasteiger partial charge in [-0.05, 0) is 12.1 Å². The minimum atomic E-state index is 0.0260. The molecule has 0 aliphatic rings. The van der Waals surface area contributed by atoms with E-state index in [0.29, 0.717) is 13.0 Å². The number of nitrogens with one attached hydrogen (secondary N) is 1. The van der Waals surface area contributed by atoms with Crippen LogP contribution in [0.2, 0.25) is 0 Å². The molecule has 0 atom stereocenters. The van der Waals surface area contributed by atoms with Crippen molar-refractivity contribution < 1.29 is 0 Å². The van der Waals surface area contributed by atoms with Gasteiger partial charge >= 0.3 is 0 Å². The fourth-order valence-corrected chi connectivity index (χ4v) is 1.07. The predicted molar refractivity (Wildman–Crippen MR) is 59.5 cm³/mol. The summed E-state index contributed by atoms with van der Waals surface area (Å²) >= 11 is 0. The number of nitriles is 1. The highest BCUT2D eigenvalue weighted by atomic mass is 15.2. The number of rotatable bonds is 3. The fourth-order valence-electron chi connectivity index (χ4n) is 1.07. The average molecular weight is 204 g/mol. The van der Waals surface area contributed by atoms with E-state index in [9.17, 15) is 0 Å². The van der Waals surface area contributed by atoms with Gasteiger partial charge in [0.25, 0.3) is 0 Å². The zero-order valence-electron chi connectivity index (χ0n) is 9.41. The Morgan fingerprint density at radius 2 is 2.07 bits per heavy atom. The van der Waals surface area contributed by atoms with Gasteiger partial charge in [-0.15, -0.1) is 5.10 Å². The third kappa shape index (κ3) is 3.55. The first kappa shape index (κ1) is 11.4.